The summed E-state index contributed by atoms with van der Waals surface area (Å²) < 4.78 is 23.7. The number of benzene rings is 3. The second kappa shape index (κ2) is 19.7. The standard InChI is InChI=1S/C48H62FN7O8/c1-47(2,3)39(52-45(61)63-7)43(59)54-27-9-11-37(54)41(57)50-32-19-13-29(14-20-32)35-25-26-36(56(35)34-23-17-31(49)18-24-34)30-15-21-33(22-16-30)51-42(58)38-12-10-28-55(38)44(60)40(48(4,5)6)53-46(62)64-8/h13-24,35-40H,9-12,25-28H2,1-8H3,(H,50,57)(H,51,58)(H,52,61)(H,53,62)/t35-,36-,37+,38+,39-,40-/m1/s1. The molecule has 0 spiro atoms. The zero-order chi connectivity index (χ0) is 46.5. The van der Waals surface area contributed by atoms with Gasteiger partial charge in [0.15, 0.2) is 0 Å². The SMILES string of the molecule is COC(=O)N[C@H](C(=O)N1CCC[C@H]1C(=O)Nc1ccc([C@H]2CC[C@H](c3ccc(NC(=O)[C@@H]4CCCN4C(=O)[C@@H](NC(=O)OC)C(C)(C)C)cc3)N2c2ccc(F)cc2)cc1)C(C)(C)C. The number of carbonyl (C=O) groups excluding carboxylic acids is 6. The maximum atomic E-state index is 14.2. The number of rotatable bonds is 11. The lowest BCUT2D eigenvalue weighted by atomic mass is 9.85. The van der Waals surface area contributed by atoms with Crippen LogP contribution in [-0.4, -0.2) is 97.1 Å². The van der Waals surface area contributed by atoms with Crippen molar-refractivity contribution in [3.8, 4) is 0 Å². The molecule has 0 bridgehead atoms. The van der Waals surface area contributed by atoms with Crippen LogP contribution in [0.1, 0.15) is 103 Å². The summed E-state index contributed by atoms with van der Waals surface area (Å²) in [5.41, 5.74) is 2.74. The molecule has 3 aromatic carbocycles. The molecule has 6 atom stereocenters. The van der Waals surface area contributed by atoms with Crippen LogP contribution in [0.25, 0.3) is 0 Å². The summed E-state index contributed by atoms with van der Waals surface area (Å²) in [5.74, 6) is -1.65. The van der Waals surface area contributed by atoms with Crippen molar-refractivity contribution in [2.24, 2.45) is 10.8 Å². The smallest absolute Gasteiger partial charge is 0.407 e. The van der Waals surface area contributed by atoms with Crippen molar-refractivity contribution in [2.45, 2.75) is 116 Å². The van der Waals surface area contributed by atoms with Gasteiger partial charge in [0.1, 0.15) is 30.0 Å². The molecule has 3 aliphatic heterocycles. The molecule has 0 aliphatic carbocycles. The van der Waals surface area contributed by atoms with Gasteiger partial charge < -0.3 is 45.4 Å². The molecule has 0 unspecified atom stereocenters. The number of alkyl carbamates (subject to hydrolysis) is 2. The number of anilines is 3. The van der Waals surface area contributed by atoms with Crippen molar-refractivity contribution < 1.29 is 42.6 Å². The third kappa shape index (κ3) is 10.8. The number of halogens is 1. The lowest BCUT2D eigenvalue weighted by Crippen LogP contribution is -2.57. The van der Waals surface area contributed by atoms with Crippen LogP contribution >= 0.6 is 0 Å². The minimum absolute atomic E-state index is 0.0873. The number of nitrogens with zero attached hydrogens (tertiary/aromatic N) is 3. The van der Waals surface area contributed by atoms with Crippen LogP contribution in [0.3, 0.4) is 0 Å². The van der Waals surface area contributed by atoms with Gasteiger partial charge >= 0.3 is 12.2 Å². The van der Waals surface area contributed by atoms with Crippen molar-refractivity contribution in [1.82, 2.24) is 20.4 Å². The quantitative estimate of drug-likeness (QED) is 0.154. The van der Waals surface area contributed by atoms with E-state index in [-0.39, 0.29) is 41.5 Å². The summed E-state index contributed by atoms with van der Waals surface area (Å²) in [6.45, 7) is 11.8. The van der Waals surface area contributed by atoms with E-state index >= 15 is 0 Å². The van der Waals surface area contributed by atoms with Gasteiger partial charge in [-0.05, 0) is 109 Å². The molecule has 64 heavy (non-hydrogen) atoms. The van der Waals surface area contributed by atoms with E-state index in [0.29, 0.717) is 50.1 Å². The van der Waals surface area contributed by atoms with E-state index in [0.717, 1.165) is 29.7 Å². The number of amides is 6. The fourth-order valence-corrected chi connectivity index (χ4v) is 9.06. The van der Waals surface area contributed by atoms with Gasteiger partial charge in [-0.1, -0.05) is 65.8 Å². The Balaban J connectivity index is 1.14. The predicted octanol–water partition coefficient (Wildman–Crippen LogP) is 7.31. The molecule has 3 aromatic rings. The topological polar surface area (TPSA) is 179 Å². The third-order valence-corrected chi connectivity index (χ3v) is 12.4. The average molecular weight is 884 g/mol. The highest BCUT2D eigenvalue weighted by Crippen LogP contribution is 2.47. The molecule has 0 radical (unpaired) electrons. The highest BCUT2D eigenvalue weighted by molar-refractivity contribution is 6.00. The molecular formula is C48H62FN7O8. The summed E-state index contributed by atoms with van der Waals surface area (Å²) in [6.07, 6.45) is 2.41. The number of nitrogens with one attached hydrogen (secondary N) is 4. The van der Waals surface area contributed by atoms with Crippen molar-refractivity contribution in [3.05, 3.63) is 89.7 Å². The Bertz CT molecular complexity index is 2040. The number of hydrogen-bond acceptors (Lipinski definition) is 9. The first kappa shape index (κ1) is 47.3. The molecule has 3 heterocycles. The van der Waals surface area contributed by atoms with Gasteiger partial charge in [-0.25, -0.2) is 14.0 Å². The molecule has 15 nitrogen and oxygen atoms in total. The molecule has 344 valence electrons. The molecule has 0 aromatic heterocycles. The molecule has 3 aliphatic rings. The Kier molecular flexibility index (Phi) is 14.5. The van der Waals surface area contributed by atoms with Gasteiger partial charge in [-0.2, -0.15) is 0 Å². The number of methoxy groups -OCH3 is 2. The lowest BCUT2D eigenvalue weighted by molar-refractivity contribution is -0.140. The van der Waals surface area contributed by atoms with Crippen LogP contribution in [0.5, 0.6) is 0 Å². The van der Waals surface area contributed by atoms with E-state index in [9.17, 15) is 33.2 Å². The first-order valence-electron chi connectivity index (χ1n) is 22.0. The summed E-state index contributed by atoms with van der Waals surface area (Å²) in [7, 11) is 2.48. The van der Waals surface area contributed by atoms with E-state index in [4.69, 9.17) is 9.47 Å². The maximum Gasteiger partial charge on any atom is 0.407 e. The Hall–Kier alpha value is -6.19. The zero-order valence-electron chi connectivity index (χ0n) is 38.0. The summed E-state index contributed by atoms with van der Waals surface area (Å²) in [5, 5.41) is 11.3. The highest BCUT2D eigenvalue weighted by Gasteiger charge is 2.44. The summed E-state index contributed by atoms with van der Waals surface area (Å²) in [4.78, 5) is 84.3. The first-order chi connectivity index (χ1) is 30.3. The predicted molar refractivity (Wildman–Crippen MR) is 241 cm³/mol. The van der Waals surface area contributed by atoms with E-state index in [2.05, 4.69) is 26.2 Å². The van der Waals surface area contributed by atoms with Gasteiger partial charge in [-0.3, -0.25) is 19.2 Å². The molecule has 6 rings (SSSR count). The van der Waals surface area contributed by atoms with Crippen LogP contribution in [0.15, 0.2) is 72.8 Å². The molecular weight excluding hydrogens is 822 g/mol. The van der Waals surface area contributed by atoms with E-state index in [1.165, 1.54) is 36.2 Å². The van der Waals surface area contributed by atoms with Gasteiger partial charge in [0.25, 0.3) is 0 Å². The maximum absolute atomic E-state index is 14.2. The molecule has 3 fully saturated rings. The first-order valence-corrected chi connectivity index (χ1v) is 22.0. The second-order valence-electron chi connectivity index (χ2n) is 19.0. The van der Waals surface area contributed by atoms with Crippen molar-refractivity contribution in [1.29, 1.82) is 0 Å². The van der Waals surface area contributed by atoms with Gasteiger partial charge in [0, 0.05) is 30.2 Å². The zero-order valence-corrected chi connectivity index (χ0v) is 38.0. The number of hydrogen-bond donors (Lipinski definition) is 4. The lowest BCUT2D eigenvalue weighted by Gasteiger charge is -2.35. The van der Waals surface area contributed by atoms with E-state index in [1.54, 1.807) is 12.1 Å². The summed E-state index contributed by atoms with van der Waals surface area (Å²) >= 11 is 0. The van der Waals surface area contributed by atoms with Gasteiger partial charge in [0.2, 0.25) is 23.6 Å². The van der Waals surface area contributed by atoms with Crippen LogP contribution in [0.4, 0.5) is 31.0 Å². The minimum Gasteiger partial charge on any atom is -0.453 e. The molecule has 4 N–H and O–H groups in total. The van der Waals surface area contributed by atoms with Crippen LogP contribution in [0, 0.1) is 16.6 Å². The van der Waals surface area contributed by atoms with E-state index in [1.807, 2.05) is 90.1 Å². The Morgan fingerprint density at radius 2 is 0.953 bits per heavy atom. The molecule has 6 amide bonds. The largest absolute Gasteiger partial charge is 0.453 e. The fourth-order valence-electron chi connectivity index (χ4n) is 9.06. The Labute approximate surface area is 374 Å². The van der Waals surface area contributed by atoms with Crippen LogP contribution in [-0.2, 0) is 28.7 Å². The monoisotopic (exact) mass is 883 g/mol. The highest BCUT2D eigenvalue weighted by atomic mass is 19.1. The number of likely N-dealkylation sites (tertiary alicyclic amines) is 2. The third-order valence-electron chi connectivity index (χ3n) is 12.4. The minimum atomic E-state index is -0.885. The van der Waals surface area contributed by atoms with Gasteiger partial charge in [0.05, 0.1) is 26.3 Å². The summed E-state index contributed by atoms with van der Waals surface area (Å²) in [6, 6.07) is 18.3. The molecule has 0 saturated carbocycles. The number of ether oxygens (including phenoxy) is 2. The van der Waals surface area contributed by atoms with E-state index < -0.39 is 47.2 Å². The van der Waals surface area contributed by atoms with Crippen molar-refractivity contribution >= 4 is 52.9 Å². The Morgan fingerprint density at radius 1 is 0.578 bits per heavy atom. The van der Waals surface area contributed by atoms with Crippen molar-refractivity contribution in [2.75, 3.05) is 42.8 Å². The van der Waals surface area contributed by atoms with Crippen LogP contribution < -0.4 is 26.2 Å². The Morgan fingerprint density at radius 3 is 1.30 bits per heavy atom. The van der Waals surface area contributed by atoms with Crippen molar-refractivity contribution in [3.63, 3.8) is 0 Å². The molecule has 16 heteroatoms. The number of carbonyl (C=O) groups is 6. The molecule has 3 saturated heterocycles. The second-order valence-corrected chi connectivity index (χ2v) is 19.0. The van der Waals surface area contributed by atoms with Gasteiger partial charge in [-0.15, -0.1) is 0 Å². The van der Waals surface area contributed by atoms with Crippen LogP contribution in [0.2, 0.25) is 0 Å². The average Bonchev–Trinajstić information content (AvgIpc) is 4.05. The fraction of sp³-hybridized carbons (Fsp3) is 0.500. The normalized spacial score (nSPS) is 20.9.